The van der Waals surface area contributed by atoms with Crippen molar-refractivity contribution in [2.75, 3.05) is 13.1 Å². The van der Waals surface area contributed by atoms with E-state index < -0.39 is 0 Å². The van der Waals surface area contributed by atoms with E-state index >= 15 is 0 Å². The van der Waals surface area contributed by atoms with Gasteiger partial charge < -0.3 is 5.32 Å². The Labute approximate surface area is 78.3 Å². The van der Waals surface area contributed by atoms with Crippen LogP contribution in [0.1, 0.15) is 25.0 Å². The summed E-state index contributed by atoms with van der Waals surface area (Å²) in [5.74, 6) is 1.30. The Bertz CT molecular complexity index is 281. The summed E-state index contributed by atoms with van der Waals surface area (Å²) in [6.07, 6.45) is 3.25. The Hall–Kier alpha value is -0.900. The molecule has 1 aliphatic heterocycles. The molecule has 1 saturated heterocycles. The highest BCUT2D eigenvalue weighted by molar-refractivity contribution is 5.04. The first-order valence-corrected chi connectivity index (χ1v) is 4.82. The summed E-state index contributed by atoms with van der Waals surface area (Å²) in [7, 11) is 1.91. The monoisotopic (exact) mass is 180 g/mol. The lowest BCUT2D eigenvalue weighted by Crippen LogP contribution is -2.33. The Morgan fingerprint density at radius 2 is 2.38 bits per heavy atom. The molecule has 1 N–H and O–H groups in total. The molecule has 2 rings (SSSR count). The molecule has 0 saturated carbocycles. The van der Waals surface area contributed by atoms with Gasteiger partial charge in [0.2, 0.25) is 0 Å². The van der Waals surface area contributed by atoms with Crippen LogP contribution in [0.2, 0.25) is 0 Å². The summed E-state index contributed by atoms with van der Waals surface area (Å²) in [4.78, 5) is 0. The number of rotatable bonds is 1. The molecule has 4 heteroatoms. The molecule has 1 aromatic heterocycles. The fourth-order valence-corrected chi connectivity index (χ4v) is 1.93. The van der Waals surface area contributed by atoms with Crippen molar-refractivity contribution in [3.63, 3.8) is 0 Å². The van der Waals surface area contributed by atoms with Crippen LogP contribution in [0.3, 0.4) is 0 Å². The van der Waals surface area contributed by atoms with Gasteiger partial charge in [0.1, 0.15) is 0 Å². The molecular weight excluding hydrogens is 164 g/mol. The van der Waals surface area contributed by atoms with E-state index in [2.05, 4.69) is 22.6 Å². The molecule has 1 fully saturated rings. The van der Waals surface area contributed by atoms with Crippen LogP contribution >= 0.6 is 0 Å². The molecule has 0 bridgehead atoms. The zero-order chi connectivity index (χ0) is 9.26. The van der Waals surface area contributed by atoms with Crippen molar-refractivity contribution in [2.24, 2.45) is 13.0 Å². The smallest absolute Gasteiger partial charge is 0.0870 e. The molecule has 1 aliphatic rings. The lowest BCUT2D eigenvalue weighted by atomic mass is 9.90. The molecule has 2 atom stereocenters. The summed E-state index contributed by atoms with van der Waals surface area (Å²) in [6, 6.07) is 0. The SMILES string of the molecule is CC1CNCC(c2cn(C)nn2)C1. The molecule has 0 amide bonds. The van der Waals surface area contributed by atoms with Crippen molar-refractivity contribution in [2.45, 2.75) is 19.3 Å². The zero-order valence-corrected chi connectivity index (χ0v) is 8.20. The average Bonchev–Trinajstić information content (AvgIpc) is 2.52. The van der Waals surface area contributed by atoms with E-state index in [0.717, 1.165) is 24.7 Å². The maximum atomic E-state index is 4.15. The van der Waals surface area contributed by atoms with Crippen LogP contribution in [0, 0.1) is 5.92 Å². The van der Waals surface area contributed by atoms with Gasteiger partial charge in [0.25, 0.3) is 0 Å². The third-order valence-electron chi connectivity index (χ3n) is 2.61. The lowest BCUT2D eigenvalue weighted by molar-refractivity contribution is 0.359. The number of aromatic nitrogens is 3. The summed E-state index contributed by atoms with van der Waals surface area (Å²) in [5, 5.41) is 11.5. The normalized spacial score (nSPS) is 29.1. The Morgan fingerprint density at radius 1 is 1.54 bits per heavy atom. The standard InChI is InChI=1S/C9H16N4/c1-7-3-8(5-10-4-7)9-6-13(2)12-11-9/h6-8,10H,3-5H2,1-2H3. The fraction of sp³-hybridized carbons (Fsp3) is 0.778. The Kier molecular flexibility index (Phi) is 2.31. The van der Waals surface area contributed by atoms with Crippen molar-refractivity contribution in [1.29, 1.82) is 0 Å². The van der Waals surface area contributed by atoms with Crippen molar-refractivity contribution >= 4 is 0 Å². The summed E-state index contributed by atoms with van der Waals surface area (Å²) in [6.45, 7) is 4.45. The first-order valence-electron chi connectivity index (χ1n) is 4.82. The second-order valence-corrected chi connectivity index (χ2v) is 4.01. The molecule has 0 aliphatic carbocycles. The first-order chi connectivity index (χ1) is 6.25. The largest absolute Gasteiger partial charge is 0.316 e. The number of piperidine rings is 1. The van der Waals surface area contributed by atoms with Crippen LogP contribution in [-0.2, 0) is 7.05 Å². The van der Waals surface area contributed by atoms with Gasteiger partial charge in [0.15, 0.2) is 0 Å². The molecule has 0 radical (unpaired) electrons. The Morgan fingerprint density at radius 3 is 3.00 bits per heavy atom. The highest BCUT2D eigenvalue weighted by Crippen LogP contribution is 2.23. The summed E-state index contributed by atoms with van der Waals surface area (Å²) in [5.41, 5.74) is 1.13. The lowest BCUT2D eigenvalue weighted by Gasteiger charge is -2.25. The minimum atomic E-state index is 0.553. The van der Waals surface area contributed by atoms with Crippen LogP contribution in [0.4, 0.5) is 0 Å². The van der Waals surface area contributed by atoms with Gasteiger partial charge in [0.05, 0.1) is 5.69 Å². The highest BCUT2D eigenvalue weighted by atomic mass is 15.4. The number of nitrogens with zero attached hydrogens (tertiary/aromatic N) is 3. The van der Waals surface area contributed by atoms with Gasteiger partial charge >= 0.3 is 0 Å². The number of nitrogens with one attached hydrogen (secondary N) is 1. The summed E-state index contributed by atoms with van der Waals surface area (Å²) >= 11 is 0. The van der Waals surface area contributed by atoms with Gasteiger partial charge in [-0.1, -0.05) is 12.1 Å². The second-order valence-electron chi connectivity index (χ2n) is 4.01. The molecule has 2 heterocycles. The fourth-order valence-electron chi connectivity index (χ4n) is 1.93. The Balaban J connectivity index is 2.08. The van der Waals surface area contributed by atoms with Crippen molar-refractivity contribution in [1.82, 2.24) is 20.3 Å². The van der Waals surface area contributed by atoms with E-state index in [9.17, 15) is 0 Å². The van der Waals surface area contributed by atoms with Crippen LogP contribution in [0.15, 0.2) is 6.20 Å². The van der Waals surface area contributed by atoms with E-state index in [1.807, 2.05) is 13.2 Å². The average molecular weight is 180 g/mol. The van der Waals surface area contributed by atoms with Crippen LogP contribution in [0.25, 0.3) is 0 Å². The van der Waals surface area contributed by atoms with Crippen molar-refractivity contribution in [3.05, 3.63) is 11.9 Å². The van der Waals surface area contributed by atoms with Gasteiger partial charge in [-0.2, -0.15) is 0 Å². The number of aryl methyl sites for hydroxylation is 1. The van der Waals surface area contributed by atoms with E-state index in [4.69, 9.17) is 0 Å². The molecule has 2 unspecified atom stereocenters. The van der Waals surface area contributed by atoms with Gasteiger partial charge in [-0.15, -0.1) is 5.10 Å². The molecule has 13 heavy (non-hydrogen) atoms. The van der Waals surface area contributed by atoms with Gasteiger partial charge in [-0.25, -0.2) is 0 Å². The van der Waals surface area contributed by atoms with E-state index in [1.165, 1.54) is 6.42 Å². The van der Waals surface area contributed by atoms with E-state index in [0.29, 0.717) is 5.92 Å². The molecule has 4 nitrogen and oxygen atoms in total. The van der Waals surface area contributed by atoms with E-state index in [-0.39, 0.29) is 0 Å². The van der Waals surface area contributed by atoms with Gasteiger partial charge in [-0.05, 0) is 18.9 Å². The third-order valence-corrected chi connectivity index (χ3v) is 2.61. The third kappa shape index (κ3) is 1.88. The predicted molar refractivity (Wildman–Crippen MR) is 50.4 cm³/mol. The quantitative estimate of drug-likeness (QED) is 0.685. The molecule has 1 aromatic rings. The highest BCUT2D eigenvalue weighted by Gasteiger charge is 2.21. The molecule has 72 valence electrons. The minimum absolute atomic E-state index is 0.553. The summed E-state index contributed by atoms with van der Waals surface area (Å²) < 4.78 is 1.77. The van der Waals surface area contributed by atoms with Crippen molar-refractivity contribution < 1.29 is 0 Å². The molecular formula is C9H16N4. The maximum absolute atomic E-state index is 4.15. The van der Waals surface area contributed by atoms with Gasteiger partial charge in [-0.3, -0.25) is 4.68 Å². The van der Waals surface area contributed by atoms with Crippen LogP contribution in [-0.4, -0.2) is 28.1 Å². The van der Waals surface area contributed by atoms with Crippen LogP contribution in [0.5, 0.6) is 0 Å². The maximum Gasteiger partial charge on any atom is 0.0870 e. The van der Waals surface area contributed by atoms with Crippen LogP contribution < -0.4 is 5.32 Å². The van der Waals surface area contributed by atoms with E-state index in [1.54, 1.807) is 4.68 Å². The topological polar surface area (TPSA) is 42.7 Å². The predicted octanol–water partition coefficient (Wildman–Crippen LogP) is 0.528. The number of hydrogen-bond acceptors (Lipinski definition) is 3. The zero-order valence-electron chi connectivity index (χ0n) is 8.20. The molecule has 0 aromatic carbocycles. The molecule has 0 spiro atoms. The first kappa shape index (κ1) is 8.69. The second kappa shape index (κ2) is 3.46. The van der Waals surface area contributed by atoms with Crippen molar-refractivity contribution in [3.8, 4) is 0 Å². The van der Waals surface area contributed by atoms with Gasteiger partial charge in [0, 0.05) is 25.7 Å². The minimum Gasteiger partial charge on any atom is -0.316 e. The number of hydrogen-bond donors (Lipinski definition) is 1.